The van der Waals surface area contributed by atoms with Crippen LogP contribution < -0.4 is 0 Å². The van der Waals surface area contributed by atoms with Crippen LogP contribution in [0.5, 0.6) is 0 Å². The second-order valence-electron chi connectivity index (χ2n) is 4.90. The van der Waals surface area contributed by atoms with Crippen molar-refractivity contribution in [2.75, 3.05) is 19.7 Å². The highest BCUT2D eigenvalue weighted by atomic mass is 32.1. The number of aliphatic hydroxyl groups is 1. The molecule has 0 radical (unpaired) electrons. The number of nitrogens with zero attached hydrogens (tertiary/aromatic N) is 2. The SMILES string of the molecule is OCCCN(Cc1nc(-c2ccccc2)cs1)CC(F)(F)F. The van der Waals surface area contributed by atoms with E-state index >= 15 is 0 Å². The molecule has 2 aromatic rings. The molecule has 120 valence electrons. The van der Waals surface area contributed by atoms with Crippen LogP contribution in [-0.2, 0) is 6.54 Å². The highest BCUT2D eigenvalue weighted by Crippen LogP contribution is 2.24. The lowest BCUT2D eigenvalue weighted by atomic mass is 10.2. The number of aromatic nitrogens is 1. The summed E-state index contributed by atoms with van der Waals surface area (Å²) in [5.74, 6) is 0. The van der Waals surface area contributed by atoms with Crippen molar-refractivity contribution in [3.63, 3.8) is 0 Å². The van der Waals surface area contributed by atoms with Gasteiger partial charge in [0, 0.05) is 24.1 Å². The smallest absolute Gasteiger partial charge is 0.396 e. The van der Waals surface area contributed by atoms with Crippen LogP contribution in [0.2, 0.25) is 0 Å². The van der Waals surface area contributed by atoms with Gasteiger partial charge in [0.25, 0.3) is 0 Å². The summed E-state index contributed by atoms with van der Waals surface area (Å²) in [4.78, 5) is 5.67. The van der Waals surface area contributed by atoms with Crippen molar-refractivity contribution in [2.45, 2.75) is 19.1 Å². The average molecular weight is 330 g/mol. The van der Waals surface area contributed by atoms with E-state index in [1.807, 2.05) is 35.7 Å². The molecule has 0 saturated carbocycles. The predicted molar refractivity (Wildman–Crippen MR) is 80.6 cm³/mol. The zero-order chi connectivity index (χ0) is 16.0. The minimum atomic E-state index is -4.25. The molecule has 2 rings (SSSR count). The second kappa shape index (κ2) is 7.71. The van der Waals surface area contributed by atoms with Gasteiger partial charge >= 0.3 is 6.18 Å². The molecule has 0 fully saturated rings. The standard InChI is InChI=1S/C15H17F3N2OS/c16-15(17,18)11-20(7-4-8-21)9-14-19-13(10-22-14)12-5-2-1-3-6-12/h1-3,5-6,10,21H,4,7-9,11H2. The molecular formula is C15H17F3N2OS. The summed E-state index contributed by atoms with van der Waals surface area (Å²) in [7, 11) is 0. The second-order valence-corrected chi connectivity index (χ2v) is 5.84. The van der Waals surface area contributed by atoms with Crippen LogP contribution in [-0.4, -0.2) is 40.9 Å². The Balaban J connectivity index is 2.05. The fourth-order valence-electron chi connectivity index (χ4n) is 2.08. The lowest BCUT2D eigenvalue weighted by molar-refractivity contribution is -0.147. The molecular weight excluding hydrogens is 313 g/mol. The van der Waals surface area contributed by atoms with Crippen LogP contribution in [0.1, 0.15) is 11.4 Å². The third kappa shape index (κ3) is 5.40. The molecule has 0 unspecified atom stereocenters. The van der Waals surface area contributed by atoms with Crippen molar-refractivity contribution in [3.05, 3.63) is 40.7 Å². The molecule has 0 aliphatic rings. The topological polar surface area (TPSA) is 36.4 Å². The van der Waals surface area contributed by atoms with Gasteiger partial charge in [0.15, 0.2) is 0 Å². The Labute approximate surface area is 131 Å². The number of hydrogen-bond donors (Lipinski definition) is 1. The van der Waals surface area contributed by atoms with Crippen molar-refractivity contribution >= 4 is 11.3 Å². The van der Waals surface area contributed by atoms with Crippen molar-refractivity contribution in [3.8, 4) is 11.3 Å². The maximum absolute atomic E-state index is 12.6. The number of alkyl halides is 3. The summed E-state index contributed by atoms with van der Waals surface area (Å²) in [5.41, 5.74) is 1.72. The highest BCUT2D eigenvalue weighted by molar-refractivity contribution is 7.09. The normalized spacial score (nSPS) is 12.0. The summed E-state index contributed by atoms with van der Waals surface area (Å²) in [6, 6.07) is 9.52. The molecule has 7 heteroatoms. The fourth-order valence-corrected chi connectivity index (χ4v) is 2.92. The van der Waals surface area contributed by atoms with E-state index in [1.54, 1.807) is 0 Å². The minimum absolute atomic E-state index is 0.124. The average Bonchev–Trinajstić information content (AvgIpc) is 2.93. The molecule has 22 heavy (non-hydrogen) atoms. The predicted octanol–water partition coefficient (Wildman–Crippen LogP) is 3.56. The molecule has 1 aromatic heterocycles. The minimum Gasteiger partial charge on any atom is -0.396 e. The Morgan fingerprint density at radius 2 is 1.91 bits per heavy atom. The number of halogens is 3. The number of aliphatic hydroxyl groups excluding tert-OH is 1. The van der Waals surface area contributed by atoms with Crippen LogP contribution in [0.4, 0.5) is 13.2 Å². The lowest BCUT2D eigenvalue weighted by Crippen LogP contribution is -2.34. The largest absolute Gasteiger partial charge is 0.401 e. The van der Waals surface area contributed by atoms with E-state index in [4.69, 9.17) is 5.11 Å². The molecule has 0 amide bonds. The van der Waals surface area contributed by atoms with Gasteiger partial charge in [-0.25, -0.2) is 4.98 Å². The van der Waals surface area contributed by atoms with Crippen molar-refractivity contribution in [1.82, 2.24) is 9.88 Å². The first kappa shape index (κ1) is 16.9. The van der Waals surface area contributed by atoms with Gasteiger partial charge in [0.05, 0.1) is 18.8 Å². The van der Waals surface area contributed by atoms with Gasteiger partial charge in [-0.05, 0) is 6.42 Å². The molecule has 0 saturated heterocycles. The number of hydrogen-bond acceptors (Lipinski definition) is 4. The maximum Gasteiger partial charge on any atom is 0.401 e. The number of benzene rings is 1. The molecule has 1 aromatic carbocycles. The molecule has 0 bridgehead atoms. The Morgan fingerprint density at radius 3 is 2.55 bits per heavy atom. The van der Waals surface area contributed by atoms with Gasteiger partial charge in [-0.3, -0.25) is 4.90 Å². The van der Waals surface area contributed by atoms with Crippen LogP contribution in [0.25, 0.3) is 11.3 Å². The van der Waals surface area contributed by atoms with Crippen LogP contribution in [0, 0.1) is 0 Å². The summed E-state index contributed by atoms with van der Waals surface area (Å²) in [5, 5.41) is 11.3. The van der Waals surface area contributed by atoms with Crippen molar-refractivity contribution in [2.24, 2.45) is 0 Å². The molecule has 0 spiro atoms. The summed E-state index contributed by atoms with van der Waals surface area (Å²) in [6.07, 6.45) is -3.94. The number of thiazole rings is 1. The van der Waals surface area contributed by atoms with E-state index in [9.17, 15) is 13.2 Å². The maximum atomic E-state index is 12.6. The first-order chi connectivity index (χ1) is 10.5. The molecule has 0 atom stereocenters. The highest BCUT2D eigenvalue weighted by Gasteiger charge is 2.30. The zero-order valence-electron chi connectivity index (χ0n) is 11.9. The van der Waals surface area contributed by atoms with E-state index in [1.165, 1.54) is 16.2 Å². The lowest BCUT2D eigenvalue weighted by Gasteiger charge is -2.22. The third-order valence-electron chi connectivity index (χ3n) is 3.02. The zero-order valence-corrected chi connectivity index (χ0v) is 12.7. The Kier molecular flexibility index (Phi) is 5.93. The molecule has 3 nitrogen and oxygen atoms in total. The van der Waals surface area contributed by atoms with E-state index in [0.29, 0.717) is 11.4 Å². The molecule has 0 aliphatic heterocycles. The van der Waals surface area contributed by atoms with Crippen LogP contribution in [0.15, 0.2) is 35.7 Å². The molecule has 1 heterocycles. The van der Waals surface area contributed by atoms with Gasteiger partial charge in [-0.15, -0.1) is 11.3 Å². The Morgan fingerprint density at radius 1 is 1.18 bits per heavy atom. The monoisotopic (exact) mass is 330 g/mol. The van der Waals surface area contributed by atoms with Crippen LogP contribution >= 0.6 is 11.3 Å². The van der Waals surface area contributed by atoms with Gasteiger partial charge < -0.3 is 5.11 Å². The summed E-state index contributed by atoms with van der Waals surface area (Å²) < 4.78 is 37.8. The quantitative estimate of drug-likeness (QED) is 0.843. The Hall–Kier alpha value is -1.44. The number of rotatable bonds is 7. The first-order valence-corrected chi connectivity index (χ1v) is 7.76. The Bertz CT molecular complexity index is 572. The van der Waals surface area contributed by atoms with Gasteiger partial charge in [-0.2, -0.15) is 13.2 Å². The van der Waals surface area contributed by atoms with Gasteiger partial charge in [0.1, 0.15) is 5.01 Å². The fraction of sp³-hybridized carbons (Fsp3) is 0.400. The van der Waals surface area contributed by atoms with Gasteiger partial charge in [-0.1, -0.05) is 30.3 Å². The van der Waals surface area contributed by atoms with Crippen LogP contribution in [0.3, 0.4) is 0 Å². The van der Waals surface area contributed by atoms with Gasteiger partial charge in [0.2, 0.25) is 0 Å². The first-order valence-electron chi connectivity index (χ1n) is 6.88. The van der Waals surface area contributed by atoms with E-state index in [-0.39, 0.29) is 19.7 Å². The van der Waals surface area contributed by atoms with E-state index in [2.05, 4.69) is 4.98 Å². The molecule has 1 N–H and O–H groups in total. The van der Waals surface area contributed by atoms with E-state index in [0.717, 1.165) is 11.3 Å². The third-order valence-corrected chi connectivity index (χ3v) is 3.85. The van der Waals surface area contributed by atoms with Crippen molar-refractivity contribution < 1.29 is 18.3 Å². The van der Waals surface area contributed by atoms with E-state index < -0.39 is 12.7 Å². The summed E-state index contributed by atoms with van der Waals surface area (Å²) in [6.45, 7) is -0.790. The van der Waals surface area contributed by atoms with Crippen molar-refractivity contribution in [1.29, 1.82) is 0 Å². The molecule has 0 aliphatic carbocycles. The summed E-state index contributed by atoms with van der Waals surface area (Å²) >= 11 is 1.35.